The Morgan fingerprint density at radius 2 is 1.54 bits per heavy atom. The minimum absolute atomic E-state index is 0.222. The first-order chi connectivity index (χ1) is 16.8. The van der Waals surface area contributed by atoms with Crippen molar-refractivity contribution in [2.45, 2.75) is 20.8 Å². The van der Waals surface area contributed by atoms with Crippen LogP contribution in [0.3, 0.4) is 0 Å². The van der Waals surface area contributed by atoms with E-state index in [-0.39, 0.29) is 17.0 Å². The number of fused-ring (bicyclic) bond motifs is 1. The number of hydrazone groups is 1. The van der Waals surface area contributed by atoms with Crippen molar-refractivity contribution in [2.75, 3.05) is 5.32 Å². The summed E-state index contributed by atoms with van der Waals surface area (Å²) in [7, 11) is 0. The van der Waals surface area contributed by atoms with Crippen LogP contribution in [0.2, 0.25) is 0 Å². The second kappa shape index (κ2) is 9.64. The molecule has 1 heterocycles. The number of nitrogens with zero attached hydrogens (tertiary/aromatic N) is 2. The lowest BCUT2D eigenvalue weighted by Crippen LogP contribution is -2.32. The van der Waals surface area contributed by atoms with E-state index in [2.05, 4.69) is 15.8 Å². The SMILES string of the molecule is Cc1ccc(NC(=O)C(=O)NN=Cc2c(O)n(-c3ccc(C)cc3C)c(=O)c3ccccc23)cc1. The average molecular weight is 469 g/mol. The molecule has 3 aromatic carbocycles. The van der Waals surface area contributed by atoms with Crippen LogP contribution in [0, 0.1) is 20.8 Å². The molecule has 4 aromatic rings. The molecule has 176 valence electrons. The molecule has 0 spiro atoms. The average Bonchev–Trinajstić information content (AvgIpc) is 2.83. The molecule has 4 rings (SSSR count). The van der Waals surface area contributed by atoms with Crippen LogP contribution in [-0.4, -0.2) is 27.7 Å². The fourth-order valence-corrected chi connectivity index (χ4v) is 3.80. The van der Waals surface area contributed by atoms with E-state index in [1.54, 1.807) is 42.5 Å². The van der Waals surface area contributed by atoms with Gasteiger partial charge in [0.1, 0.15) is 0 Å². The Balaban J connectivity index is 1.67. The van der Waals surface area contributed by atoms with Gasteiger partial charge in [-0.15, -0.1) is 0 Å². The first-order valence-corrected chi connectivity index (χ1v) is 10.9. The Labute approximate surface area is 201 Å². The molecule has 3 N–H and O–H groups in total. The normalized spacial score (nSPS) is 11.1. The van der Waals surface area contributed by atoms with Crippen LogP contribution in [0.4, 0.5) is 5.69 Å². The Morgan fingerprint density at radius 3 is 2.23 bits per heavy atom. The Bertz CT molecular complexity index is 1540. The number of hydrogen-bond acceptors (Lipinski definition) is 5. The highest BCUT2D eigenvalue weighted by molar-refractivity contribution is 6.39. The number of pyridine rings is 1. The van der Waals surface area contributed by atoms with E-state index in [4.69, 9.17) is 0 Å². The maximum Gasteiger partial charge on any atom is 0.329 e. The molecular weight excluding hydrogens is 444 g/mol. The molecule has 1 aromatic heterocycles. The summed E-state index contributed by atoms with van der Waals surface area (Å²) in [6.07, 6.45) is 1.22. The van der Waals surface area contributed by atoms with Gasteiger partial charge in [-0.3, -0.25) is 14.4 Å². The minimum atomic E-state index is -0.978. The lowest BCUT2D eigenvalue weighted by Gasteiger charge is -2.15. The predicted octanol–water partition coefficient (Wildman–Crippen LogP) is 3.71. The molecule has 0 aliphatic carbocycles. The first kappa shape index (κ1) is 23.4. The molecule has 35 heavy (non-hydrogen) atoms. The van der Waals surface area contributed by atoms with Crippen molar-refractivity contribution in [1.82, 2.24) is 9.99 Å². The van der Waals surface area contributed by atoms with Gasteiger partial charge in [0.25, 0.3) is 5.56 Å². The van der Waals surface area contributed by atoms with Crippen molar-refractivity contribution in [1.29, 1.82) is 0 Å². The maximum atomic E-state index is 13.2. The third kappa shape index (κ3) is 4.81. The van der Waals surface area contributed by atoms with Crippen LogP contribution < -0.4 is 16.3 Å². The summed E-state index contributed by atoms with van der Waals surface area (Å²) in [4.78, 5) is 37.6. The molecule has 8 nitrogen and oxygen atoms in total. The fourth-order valence-electron chi connectivity index (χ4n) is 3.80. The van der Waals surface area contributed by atoms with Crippen molar-refractivity contribution in [3.8, 4) is 11.6 Å². The molecule has 0 aliphatic rings. The molecular formula is C27H24N4O4. The second-order valence-electron chi connectivity index (χ2n) is 8.23. The van der Waals surface area contributed by atoms with Gasteiger partial charge in [-0.1, -0.05) is 53.6 Å². The third-order valence-corrected chi connectivity index (χ3v) is 5.57. The lowest BCUT2D eigenvalue weighted by atomic mass is 10.1. The molecule has 0 unspecified atom stereocenters. The molecule has 0 bridgehead atoms. The number of aryl methyl sites for hydroxylation is 3. The molecule has 8 heteroatoms. The number of carbonyl (C=O) groups is 2. The molecule has 2 amide bonds. The molecule has 0 atom stereocenters. The van der Waals surface area contributed by atoms with Gasteiger partial charge in [-0.25, -0.2) is 9.99 Å². The van der Waals surface area contributed by atoms with Gasteiger partial charge in [-0.2, -0.15) is 5.10 Å². The molecule has 0 radical (unpaired) electrons. The number of nitrogens with one attached hydrogen (secondary N) is 2. The van der Waals surface area contributed by atoms with Crippen LogP contribution in [0.25, 0.3) is 16.5 Å². The highest BCUT2D eigenvalue weighted by Gasteiger charge is 2.18. The topological polar surface area (TPSA) is 113 Å². The van der Waals surface area contributed by atoms with Crippen molar-refractivity contribution in [3.05, 3.63) is 99.3 Å². The van der Waals surface area contributed by atoms with Crippen LogP contribution in [0.5, 0.6) is 5.88 Å². The van der Waals surface area contributed by atoms with Crippen molar-refractivity contribution < 1.29 is 14.7 Å². The molecule has 0 aliphatic heterocycles. The molecule has 0 fully saturated rings. The number of hydrogen-bond donors (Lipinski definition) is 3. The van der Waals surface area contributed by atoms with Crippen LogP contribution in [-0.2, 0) is 9.59 Å². The van der Waals surface area contributed by atoms with E-state index in [0.29, 0.717) is 22.1 Å². The van der Waals surface area contributed by atoms with Gasteiger partial charge in [0.2, 0.25) is 5.88 Å². The largest absolute Gasteiger partial charge is 0.494 e. The number of aromatic nitrogens is 1. The van der Waals surface area contributed by atoms with Crippen LogP contribution in [0.15, 0.2) is 76.6 Å². The fraction of sp³-hybridized carbons (Fsp3) is 0.111. The van der Waals surface area contributed by atoms with E-state index in [9.17, 15) is 19.5 Å². The first-order valence-electron chi connectivity index (χ1n) is 10.9. The van der Waals surface area contributed by atoms with E-state index >= 15 is 0 Å². The quantitative estimate of drug-likeness (QED) is 0.241. The van der Waals surface area contributed by atoms with Gasteiger partial charge < -0.3 is 10.4 Å². The van der Waals surface area contributed by atoms with E-state index in [1.807, 2.05) is 45.0 Å². The zero-order valence-electron chi connectivity index (χ0n) is 19.5. The van der Waals surface area contributed by atoms with E-state index in [0.717, 1.165) is 16.7 Å². The highest BCUT2D eigenvalue weighted by atomic mass is 16.3. The Morgan fingerprint density at radius 1 is 0.886 bits per heavy atom. The van der Waals surface area contributed by atoms with Crippen molar-refractivity contribution in [2.24, 2.45) is 5.10 Å². The summed E-state index contributed by atoms with van der Waals surface area (Å²) in [5.41, 5.74) is 5.86. The number of anilines is 1. The monoisotopic (exact) mass is 468 g/mol. The zero-order chi connectivity index (χ0) is 25.1. The summed E-state index contributed by atoms with van der Waals surface area (Å²) in [6.45, 7) is 5.70. The predicted molar refractivity (Wildman–Crippen MR) is 136 cm³/mol. The van der Waals surface area contributed by atoms with Gasteiger partial charge in [0.15, 0.2) is 0 Å². The summed E-state index contributed by atoms with van der Waals surface area (Å²) >= 11 is 0. The Hall–Kier alpha value is -4.72. The van der Waals surface area contributed by atoms with E-state index in [1.165, 1.54) is 10.8 Å². The summed E-state index contributed by atoms with van der Waals surface area (Å²) < 4.78 is 1.21. The molecule has 0 saturated carbocycles. The summed E-state index contributed by atoms with van der Waals surface area (Å²) in [6, 6.07) is 19.3. The van der Waals surface area contributed by atoms with Gasteiger partial charge in [0, 0.05) is 16.5 Å². The standard InChI is InChI=1S/C27H24N4O4/c1-16-8-11-19(12-9-16)29-24(32)25(33)30-28-15-22-20-6-4-5-7-21(20)26(34)31(27(22)35)23-13-10-17(2)14-18(23)3/h4-15,35H,1-3H3,(H,29,32)(H,30,33). The van der Waals surface area contributed by atoms with Crippen LogP contribution >= 0.6 is 0 Å². The van der Waals surface area contributed by atoms with Crippen LogP contribution in [0.1, 0.15) is 22.3 Å². The maximum absolute atomic E-state index is 13.2. The zero-order valence-corrected chi connectivity index (χ0v) is 19.5. The second-order valence-corrected chi connectivity index (χ2v) is 8.23. The Kier molecular flexibility index (Phi) is 6.46. The van der Waals surface area contributed by atoms with Gasteiger partial charge in [0.05, 0.1) is 17.5 Å². The van der Waals surface area contributed by atoms with E-state index < -0.39 is 11.8 Å². The summed E-state index contributed by atoms with van der Waals surface area (Å²) in [5, 5.41) is 18.3. The van der Waals surface area contributed by atoms with Gasteiger partial charge >= 0.3 is 11.8 Å². The molecule has 0 saturated heterocycles. The van der Waals surface area contributed by atoms with Crippen molar-refractivity contribution in [3.63, 3.8) is 0 Å². The highest BCUT2D eigenvalue weighted by Crippen LogP contribution is 2.27. The van der Waals surface area contributed by atoms with Crippen molar-refractivity contribution >= 4 is 34.5 Å². The van der Waals surface area contributed by atoms with Gasteiger partial charge in [-0.05, 0) is 50.6 Å². The smallest absolute Gasteiger partial charge is 0.329 e. The minimum Gasteiger partial charge on any atom is -0.494 e. The number of carbonyl (C=O) groups excluding carboxylic acids is 2. The number of amides is 2. The number of aromatic hydroxyl groups is 1. The lowest BCUT2D eigenvalue weighted by molar-refractivity contribution is -0.136. The summed E-state index contributed by atoms with van der Waals surface area (Å²) in [5.74, 6) is -2.20. The number of benzene rings is 3. The third-order valence-electron chi connectivity index (χ3n) is 5.57. The number of rotatable bonds is 4.